The first-order valence-corrected chi connectivity index (χ1v) is 8.09. The SMILES string of the molecule is O=C(Cc1ccc([N+](=O)[O-])cc1)NC1(c2ccccc2)C(=O)NC(=O)NC1=O. The molecule has 3 N–H and O–H groups in total. The first-order chi connectivity index (χ1) is 13.3. The second-order valence-electron chi connectivity index (χ2n) is 6.00. The van der Waals surface area contributed by atoms with Crippen molar-refractivity contribution in [3.8, 4) is 0 Å². The Morgan fingerprint density at radius 1 is 0.964 bits per heavy atom. The largest absolute Gasteiger partial charge is 0.330 e. The lowest BCUT2D eigenvalue weighted by molar-refractivity contribution is -0.384. The highest BCUT2D eigenvalue weighted by Crippen LogP contribution is 2.24. The summed E-state index contributed by atoms with van der Waals surface area (Å²) in [6, 6.07) is 12.1. The molecule has 1 saturated heterocycles. The fourth-order valence-corrected chi connectivity index (χ4v) is 2.84. The molecule has 1 heterocycles. The minimum Gasteiger partial charge on any atom is -0.330 e. The molecule has 0 aliphatic carbocycles. The van der Waals surface area contributed by atoms with Crippen LogP contribution in [0.15, 0.2) is 54.6 Å². The summed E-state index contributed by atoms with van der Waals surface area (Å²) < 4.78 is 0. The van der Waals surface area contributed by atoms with Crippen molar-refractivity contribution in [1.29, 1.82) is 0 Å². The zero-order chi connectivity index (χ0) is 20.3. The number of nitrogens with one attached hydrogen (secondary N) is 3. The number of barbiturate groups is 1. The van der Waals surface area contributed by atoms with Gasteiger partial charge in [0, 0.05) is 12.1 Å². The Morgan fingerprint density at radius 2 is 1.54 bits per heavy atom. The van der Waals surface area contributed by atoms with Gasteiger partial charge in [-0.3, -0.25) is 35.1 Å². The van der Waals surface area contributed by atoms with Gasteiger partial charge in [-0.25, -0.2) is 4.79 Å². The number of benzene rings is 2. The predicted octanol–water partition coefficient (Wildman–Crippen LogP) is 0.515. The van der Waals surface area contributed by atoms with E-state index in [1.807, 2.05) is 10.6 Å². The molecule has 1 aliphatic heterocycles. The van der Waals surface area contributed by atoms with Gasteiger partial charge in [0.2, 0.25) is 11.4 Å². The van der Waals surface area contributed by atoms with Gasteiger partial charge in [-0.2, -0.15) is 0 Å². The van der Waals surface area contributed by atoms with Crippen LogP contribution in [0.1, 0.15) is 11.1 Å². The van der Waals surface area contributed by atoms with Crippen LogP contribution in [0.2, 0.25) is 0 Å². The van der Waals surface area contributed by atoms with Gasteiger partial charge in [0.15, 0.2) is 0 Å². The molecule has 142 valence electrons. The summed E-state index contributed by atoms with van der Waals surface area (Å²) in [4.78, 5) is 59.3. The molecule has 0 bridgehead atoms. The van der Waals surface area contributed by atoms with Crippen molar-refractivity contribution < 1.29 is 24.1 Å². The average Bonchev–Trinajstić information content (AvgIpc) is 2.66. The minimum absolute atomic E-state index is 0.130. The van der Waals surface area contributed by atoms with E-state index in [1.165, 1.54) is 36.4 Å². The molecule has 0 radical (unpaired) electrons. The van der Waals surface area contributed by atoms with E-state index in [4.69, 9.17) is 0 Å². The van der Waals surface area contributed by atoms with Crippen LogP contribution < -0.4 is 16.0 Å². The number of nitro benzene ring substituents is 1. The number of carbonyl (C=O) groups is 4. The maximum absolute atomic E-state index is 12.6. The summed E-state index contributed by atoms with van der Waals surface area (Å²) in [6.45, 7) is 0. The third-order valence-corrected chi connectivity index (χ3v) is 4.18. The number of urea groups is 1. The Balaban J connectivity index is 1.89. The fraction of sp³-hybridized carbons (Fsp3) is 0.111. The maximum atomic E-state index is 12.6. The fourth-order valence-electron chi connectivity index (χ4n) is 2.84. The lowest BCUT2D eigenvalue weighted by Crippen LogP contribution is -2.71. The first-order valence-electron chi connectivity index (χ1n) is 8.09. The number of carbonyl (C=O) groups excluding carboxylic acids is 4. The molecule has 0 atom stereocenters. The van der Waals surface area contributed by atoms with Crippen LogP contribution in [0.4, 0.5) is 10.5 Å². The Hall–Kier alpha value is -4.08. The number of nitro groups is 1. The molecule has 28 heavy (non-hydrogen) atoms. The molecule has 0 unspecified atom stereocenters. The number of rotatable bonds is 5. The quantitative estimate of drug-likeness (QED) is 0.390. The average molecular weight is 382 g/mol. The van der Waals surface area contributed by atoms with Gasteiger partial charge in [0.25, 0.3) is 17.5 Å². The number of amides is 5. The lowest BCUT2D eigenvalue weighted by atomic mass is 9.86. The molecule has 3 rings (SSSR count). The summed E-state index contributed by atoms with van der Waals surface area (Å²) in [5.41, 5.74) is -1.63. The smallest absolute Gasteiger partial charge is 0.328 e. The summed E-state index contributed by atoms with van der Waals surface area (Å²) in [6.07, 6.45) is -0.235. The molecule has 10 heteroatoms. The second-order valence-corrected chi connectivity index (χ2v) is 6.00. The Morgan fingerprint density at radius 3 is 2.07 bits per heavy atom. The van der Waals surface area contributed by atoms with Gasteiger partial charge in [-0.05, 0) is 11.1 Å². The first kappa shape index (κ1) is 18.7. The Bertz CT molecular complexity index is 951. The third-order valence-electron chi connectivity index (χ3n) is 4.18. The van der Waals surface area contributed by atoms with E-state index in [2.05, 4.69) is 5.32 Å². The van der Waals surface area contributed by atoms with E-state index in [1.54, 1.807) is 18.2 Å². The van der Waals surface area contributed by atoms with Gasteiger partial charge in [0.1, 0.15) is 0 Å². The van der Waals surface area contributed by atoms with E-state index in [0.717, 1.165) is 0 Å². The van der Waals surface area contributed by atoms with Crippen LogP contribution in [0, 0.1) is 10.1 Å². The van der Waals surface area contributed by atoms with Crippen molar-refractivity contribution in [3.63, 3.8) is 0 Å². The van der Waals surface area contributed by atoms with E-state index in [0.29, 0.717) is 5.56 Å². The standard InChI is InChI=1S/C18H14N4O6/c23-14(10-11-6-8-13(9-7-11)22(27)28)21-18(12-4-2-1-3-5-12)15(24)19-17(26)20-16(18)25/h1-9H,10H2,(H,21,23)(H2,19,20,24,25,26). The molecule has 1 aliphatic rings. The molecular weight excluding hydrogens is 368 g/mol. The molecule has 2 aromatic carbocycles. The number of non-ortho nitro benzene ring substituents is 1. The van der Waals surface area contributed by atoms with Crippen molar-refractivity contribution in [1.82, 2.24) is 16.0 Å². The van der Waals surface area contributed by atoms with Crippen LogP contribution in [0.25, 0.3) is 0 Å². The van der Waals surface area contributed by atoms with Crippen LogP contribution in [0.5, 0.6) is 0 Å². The lowest BCUT2D eigenvalue weighted by Gasteiger charge is -2.34. The number of hydrogen-bond acceptors (Lipinski definition) is 6. The normalized spacial score (nSPS) is 15.4. The summed E-state index contributed by atoms with van der Waals surface area (Å²) in [5.74, 6) is -2.65. The van der Waals surface area contributed by atoms with E-state index in [-0.39, 0.29) is 17.7 Å². The number of nitrogens with zero attached hydrogens (tertiary/aromatic N) is 1. The highest BCUT2D eigenvalue weighted by atomic mass is 16.6. The number of imide groups is 2. The zero-order valence-corrected chi connectivity index (χ0v) is 14.3. The Labute approximate surface area is 158 Å². The molecular formula is C18H14N4O6. The van der Waals surface area contributed by atoms with Crippen LogP contribution >= 0.6 is 0 Å². The highest BCUT2D eigenvalue weighted by molar-refractivity contribution is 6.23. The van der Waals surface area contributed by atoms with Crippen molar-refractivity contribution in [2.75, 3.05) is 0 Å². The highest BCUT2D eigenvalue weighted by Gasteiger charge is 2.53. The Kier molecular flexibility index (Phi) is 4.86. The monoisotopic (exact) mass is 382 g/mol. The minimum atomic E-state index is -2.12. The van der Waals surface area contributed by atoms with Crippen LogP contribution in [-0.4, -0.2) is 28.7 Å². The maximum Gasteiger partial charge on any atom is 0.328 e. The second kappa shape index (κ2) is 7.27. The topological polar surface area (TPSA) is 148 Å². The van der Waals surface area contributed by atoms with Crippen molar-refractivity contribution in [2.24, 2.45) is 0 Å². The zero-order valence-electron chi connectivity index (χ0n) is 14.3. The van der Waals surface area contributed by atoms with Gasteiger partial charge in [0.05, 0.1) is 11.3 Å². The molecule has 2 aromatic rings. The summed E-state index contributed by atoms with van der Waals surface area (Å²) in [7, 11) is 0. The van der Waals surface area contributed by atoms with E-state index >= 15 is 0 Å². The molecule has 0 saturated carbocycles. The molecule has 1 fully saturated rings. The van der Waals surface area contributed by atoms with Gasteiger partial charge in [-0.1, -0.05) is 42.5 Å². The van der Waals surface area contributed by atoms with Gasteiger partial charge < -0.3 is 5.32 Å². The van der Waals surface area contributed by atoms with Crippen molar-refractivity contribution >= 4 is 29.4 Å². The van der Waals surface area contributed by atoms with Crippen molar-refractivity contribution in [3.05, 3.63) is 75.8 Å². The third kappa shape index (κ3) is 3.43. The van der Waals surface area contributed by atoms with E-state index in [9.17, 15) is 29.3 Å². The van der Waals surface area contributed by atoms with Crippen LogP contribution in [-0.2, 0) is 26.3 Å². The molecule has 0 aromatic heterocycles. The molecule has 0 spiro atoms. The number of hydrogen-bond donors (Lipinski definition) is 3. The van der Waals surface area contributed by atoms with Gasteiger partial charge in [-0.15, -0.1) is 0 Å². The van der Waals surface area contributed by atoms with E-state index < -0.39 is 34.2 Å². The predicted molar refractivity (Wildman–Crippen MR) is 94.7 cm³/mol. The van der Waals surface area contributed by atoms with Crippen LogP contribution in [0.3, 0.4) is 0 Å². The summed E-state index contributed by atoms with van der Waals surface area (Å²) in [5, 5.41) is 17.1. The molecule has 10 nitrogen and oxygen atoms in total. The van der Waals surface area contributed by atoms with Gasteiger partial charge >= 0.3 is 6.03 Å². The summed E-state index contributed by atoms with van der Waals surface area (Å²) >= 11 is 0. The molecule has 5 amide bonds. The van der Waals surface area contributed by atoms with Crippen molar-refractivity contribution in [2.45, 2.75) is 12.0 Å².